The molecule has 0 saturated carbocycles. The highest BCUT2D eigenvalue weighted by molar-refractivity contribution is 7.09. The quantitative estimate of drug-likeness (QED) is 0.891. The Morgan fingerprint density at radius 1 is 1.61 bits per heavy atom. The largest absolute Gasteiger partial charge is 0.479 e. The van der Waals surface area contributed by atoms with E-state index in [1.807, 2.05) is 5.38 Å². The highest BCUT2D eigenvalue weighted by Gasteiger charge is 2.46. The van der Waals surface area contributed by atoms with Crippen molar-refractivity contribution in [1.82, 2.24) is 9.88 Å². The molecule has 1 N–H and O–H groups in total. The second-order valence-corrected chi connectivity index (χ2v) is 5.24. The van der Waals surface area contributed by atoms with Crippen molar-refractivity contribution in [1.29, 1.82) is 0 Å². The highest BCUT2D eigenvalue weighted by atomic mass is 32.1. The molecule has 1 aromatic rings. The molecule has 0 unspecified atom stereocenters. The predicted molar refractivity (Wildman–Crippen MR) is 63.1 cm³/mol. The number of aliphatic carboxylic acids is 1. The number of hydrogen-bond acceptors (Lipinski definition) is 4. The maximum Gasteiger partial charge on any atom is 0.343 e. The molecule has 0 spiro atoms. The number of carbonyl (C=O) groups excluding carboxylic acids is 1. The van der Waals surface area contributed by atoms with Crippen molar-refractivity contribution >= 4 is 23.2 Å². The fourth-order valence-electron chi connectivity index (χ4n) is 1.91. The Bertz CT molecular complexity index is 451. The van der Waals surface area contributed by atoms with Crippen LogP contribution in [0.2, 0.25) is 0 Å². The standard InChI is InChI=1S/C11H13FN2O3S/c12-11(10(16)17)3-5-14(7-11)9(15)2-1-8-13-4-6-18-8/h4,6H,1-3,5,7H2,(H,16,17)/t11-/m0/s1. The van der Waals surface area contributed by atoms with E-state index < -0.39 is 11.6 Å². The summed E-state index contributed by atoms with van der Waals surface area (Å²) in [6.45, 7) is -0.182. The van der Waals surface area contributed by atoms with Gasteiger partial charge in [0.2, 0.25) is 11.6 Å². The molecule has 0 aliphatic carbocycles. The van der Waals surface area contributed by atoms with Gasteiger partial charge in [0, 0.05) is 37.4 Å². The molecule has 2 heterocycles. The van der Waals surface area contributed by atoms with Crippen molar-refractivity contribution in [2.24, 2.45) is 0 Å². The Kier molecular flexibility index (Phi) is 3.60. The van der Waals surface area contributed by atoms with E-state index in [2.05, 4.69) is 4.98 Å². The summed E-state index contributed by atoms with van der Waals surface area (Å²) in [6, 6.07) is 0. The molecule has 7 heteroatoms. The first-order valence-corrected chi connectivity index (χ1v) is 6.48. The Labute approximate surface area is 107 Å². The number of halogens is 1. The van der Waals surface area contributed by atoms with Gasteiger partial charge in [-0.15, -0.1) is 11.3 Å². The van der Waals surface area contributed by atoms with Crippen molar-refractivity contribution in [3.8, 4) is 0 Å². The van der Waals surface area contributed by atoms with Crippen molar-refractivity contribution in [2.75, 3.05) is 13.1 Å². The van der Waals surface area contributed by atoms with E-state index >= 15 is 0 Å². The number of amides is 1. The summed E-state index contributed by atoms with van der Waals surface area (Å²) in [5.41, 5.74) is -2.28. The summed E-state index contributed by atoms with van der Waals surface area (Å²) >= 11 is 1.46. The van der Waals surface area contributed by atoms with Crippen molar-refractivity contribution in [3.05, 3.63) is 16.6 Å². The third-order valence-electron chi connectivity index (χ3n) is 2.99. The van der Waals surface area contributed by atoms with Crippen LogP contribution in [0.5, 0.6) is 0 Å². The smallest absolute Gasteiger partial charge is 0.343 e. The third kappa shape index (κ3) is 2.66. The highest BCUT2D eigenvalue weighted by Crippen LogP contribution is 2.26. The number of nitrogens with zero attached hydrogens (tertiary/aromatic N) is 2. The summed E-state index contributed by atoms with van der Waals surface area (Å²) in [5.74, 6) is -1.70. The zero-order chi connectivity index (χ0) is 13.2. The van der Waals surface area contributed by atoms with Gasteiger partial charge in [-0.25, -0.2) is 14.2 Å². The van der Waals surface area contributed by atoms with Crippen molar-refractivity contribution < 1.29 is 19.1 Å². The molecule has 1 amide bonds. The van der Waals surface area contributed by atoms with Gasteiger partial charge in [-0.1, -0.05) is 0 Å². The second kappa shape index (κ2) is 5.01. The molecule has 2 rings (SSSR count). The van der Waals surface area contributed by atoms with Gasteiger partial charge < -0.3 is 10.0 Å². The maximum absolute atomic E-state index is 13.8. The van der Waals surface area contributed by atoms with Crippen molar-refractivity contribution in [2.45, 2.75) is 24.9 Å². The number of aryl methyl sites for hydroxylation is 1. The predicted octanol–water partition coefficient (Wildman–Crippen LogP) is 1.10. The SMILES string of the molecule is O=C(CCc1nccs1)N1CC[C@@](F)(C(=O)O)C1. The fraction of sp³-hybridized carbons (Fsp3) is 0.545. The number of carboxylic acids is 1. The summed E-state index contributed by atoms with van der Waals surface area (Å²) in [6.07, 6.45) is 2.28. The Morgan fingerprint density at radius 3 is 2.94 bits per heavy atom. The van der Waals surface area contributed by atoms with E-state index in [1.165, 1.54) is 16.2 Å². The van der Waals surface area contributed by atoms with Crippen LogP contribution < -0.4 is 0 Å². The van der Waals surface area contributed by atoms with Crippen LogP contribution in [0.25, 0.3) is 0 Å². The number of rotatable bonds is 4. The minimum Gasteiger partial charge on any atom is -0.479 e. The normalized spacial score (nSPS) is 23.3. The Balaban J connectivity index is 1.86. The third-order valence-corrected chi connectivity index (χ3v) is 3.83. The van der Waals surface area contributed by atoms with Crippen LogP contribution in [0.4, 0.5) is 4.39 Å². The molecule has 0 aromatic carbocycles. The lowest BCUT2D eigenvalue weighted by atomic mass is 10.1. The summed E-state index contributed by atoms with van der Waals surface area (Å²) < 4.78 is 13.8. The van der Waals surface area contributed by atoms with Crippen LogP contribution >= 0.6 is 11.3 Å². The molecule has 1 atom stereocenters. The summed E-state index contributed by atoms with van der Waals surface area (Å²) in [4.78, 5) is 27.8. The van der Waals surface area contributed by atoms with E-state index in [4.69, 9.17) is 5.11 Å². The zero-order valence-electron chi connectivity index (χ0n) is 9.63. The Hall–Kier alpha value is -1.50. The first-order chi connectivity index (χ1) is 8.51. The minimum absolute atomic E-state index is 0.134. The molecule has 0 bridgehead atoms. The molecule has 18 heavy (non-hydrogen) atoms. The number of thiazole rings is 1. The number of alkyl halides is 1. The van der Waals surface area contributed by atoms with Gasteiger partial charge in [-0.3, -0.25) is 4.79 Å². The molecule has 98 valence electrons. The van der Waals surface area contributed by atoms with Crippen LogP contribution in [0.15, 0.2) is 11.6 Å². The number of hydrogen-bond donors (Lipinski definition) is 1. The first kappa shape index (κ1) is 12.9. The van der Waals surface area contributed by atoms with Crippen molar-refractivity contribution in [3.63, 3.8) is 0 Å². The minimum atomic E-state index is -2.28. The van der Waals surface area contributed by atoms with Crippen LogP contribution in [-0.4, -0.2) is 45.6 Å². The van der Waals surface area contributed by atoms with Crippen LogP contribution in [-0.2, 0) is 16.0 Å². The molecular formula is C11H13FN2O3S. The molecule has 1 aliphatic heterocycles. The number of carboxylic acid groups (broad SMARTS) is 1. The van der Waals surface area contributed by atoms with Crippen LogP contribution in [0.1, 0.15) is 17.8 Å². The maximum atomic E-state index is 13.8. The van der Waals surface area contributed by atoms with Crippen LogP contribution in [0.3, 0.4) is 0 Å². The second-order valence-electron chi connectivity index (χ2n) is 4.26. The summed E-state index contributed by atoms with van der Waals surface area (Å²) in [5, 5.41) is 11.4. The van der Waals surface area contributed by atoms with Crippen LogP contribution in [0, 0.1) is 0 Å². The van der Waals surface area contributed by atoms with Gasteiger partial charge in [-0.2, -0.15) is 0 Å². The van der Waals surface area contributed by atoms with Gasteiger partial charge in [-0.05, 0) is 0 Å². The number of aromatic nitrogens is 1. The molecule has 1 saturated heterocycles. The zero-order valence-corrected chi connectivity index (χ0v) is 10.5. The van der Waals surface area contributed by atoms with E-state index in [9.17, 15) is 14.0 Å². The van der Waals surface area contributed by atoms with E-state index in [0.29, 0.717) is 6.42 Å². The topological polar surface area (TPSA) is 70.5 Å². The average Bonchev–Trinajstić information content (AvgIpc) is 2.95. The molecule has 1 aromatic heterocycles. The number of carbonyl (C=O) groups is 2. The van der Waals surface area contributed by atoms with Gasteiger partial charge in [0.05, 0.1) is 11.6 Å². The van der Waals surface area contributed by atoms with E-state index in [-0.39, 0.29) is 31.8 Å². The lowest BCUT2D eigenvalue weighted by Gasteiger charge is -2.17. The molecule has 0 radical (unpaired) electrons. The van der Waals surface area contributed by atoms with Gasteiger partial charge in [0.15, 0.2) is 0 Å². The lowest BCUT2D eigenvalue weighted by Crippen LogP contribution is -2.38. The van der Waals surface area contributed by atoms with Gasteiger partial charge in [0.25, 0.3) is 0 Å². The van der Waals surface area contributed by atoms with E-state index in [1.54, 1.807) is 6.20 Å². The summed E-state index contributed by atoms with van der Waals surface area (Å²) in [7, 11) is 0. The van der Waals surface area contributed by atoms with Gasteiger partial charge >= 0.3 is 5.97 Å². The number of likely N-dealkylation sites (tertiary alicyclic amines) is 1. The molecule has 5 nitrogen and oxygen atoms in total. The fourth-order valence-corrected chi connectivity index (χ4v) is 2.53. The van der Waals surface area contributed by atoms with Gasteiger partial charge in [0.1, 0.15) is 0 Å². The molecule has 1 aliphatic rings. The lowest BCUT2D eigenvalue weighted by molar-refractivity contribution is -0.150. The molecular weight excluding hydrogens is 259 g/mol. The monoisotopic (exact) mass is 272 g/mol. The first-order valence-electron chi connectivity index (χ1n) is 5.60. The Morgan fingerprint density at radius 2 is 2.39 bits per heavy atom. The molecule has 1 fully saturated rings. The average molecular weight is 272 g/mol. The van der Waals surface area contributed by atoms with E-state index in [0.717, 1.165) is 5.01 Å².